The molecule has 0 saturated heterocycles. The molecular formula is C17H19FN2O3. The number of rotatable bonds is 5. The number of carbonyl (C=O) groups is 1. The van der Waals surface area contributed by atoms with Crippen LogP contribution >= 0.6 is 0 Å². The van der Waals surface area contributed by atoms with Crippen molar-refractivity contribution in [1.82, 2.24) is 10.3 Å². The molecule has 1 aliphatic carbocycles. The second kappa shape index (κ2) is 6.42. The van der Waals surface area contributed by atoms with Gasteiger partial charge in [0.15, 0.2) is 0 Å². The topological polar surface area (TPSA) is 74.3 Å². The Hall–Kier alpha value is -2.34. The van der Waals surface area contributed by atoms with Gasteiger partial charge in [-0.05, 0) is 49.1 Å². The summed E-state index contributed by atoms with van der Waals surface area (Å²) in [4.78, 5) is 15.2. The third-order valence-corrected chi connectivity index (χ3v) is 4.28. The van der Waals surface area contributed by atoms with Crippen LogP contribution in [0.4, 0.5) is 4.39 Å². The Morgan fingerprint density at radius 1 is 1.43 bits per heavy atom. The monoisotopic (exact) mass is 318 g/mol. The number of aliphatic hydroxyl groups is 1. The van der Waals surface area contributed by atoms with Crippen LogP contribution in [0, 0.1) is 11.7 Å². The van der Waals surface area contributed by atoms with Crippen molar-refractivity contribution in [3.63, 3.8) is 0 Å². The van der Waals surface area contributed by atoms with E-state index in [1.165, 1.54) is 19.2 Å². The van der Waals surface area contributed by atoms with Gasteiger partial charge in [-0.3, -0.25) is 4.79 Å². The Bertz CT molecular complexity index is 681. The predicted octanol–water partition coefficient (Wildman–Crippen LogP) is 2.40. The molecule has 3 N–H and O–H groups in total. The van der Waals surface area contributed by atoms with E-state index in [0.29, 0.717) is 29.8 Å². The molecule has 0 unspecified atom stereocenters. The van der Waals surface area contributed by atoms with Gasteiger partial charge in [-0.15, -0.1) is 0 Å². The zero-order valence-corrected chi connectivity index (χ0v) is 12.8. The summed E-state index contributed by atoms with van der Waals surface area (Å²) in [7, 11) is 1.51. The standard InChI is InChI=1S/C17H19FN2O3/c1-23-15-5-4-11(18)9-13(15)16(10-7-12(21)8-10)20-17(22)14-3-2-6-19-14/h2-6,9-10,12,16,19,21H,7-8H2,1H3,(H,20,22)/t10?,12?,16-/m0/s1. The highest BCUT2D eigenvalue weighted by Gasteiger charge is 2.37. The molecule has 0 aliphatic heterocycles. The highest BCUT2D eigenvalue weighted by Crippen LogP contribution is 2.41. The van der Waals surface area contributed by atoms with Crippen LogP contribution in [0.15, 0.2) is 36.5 Å². The number of hydrogen-bond donors (Lipinski definition) is 3. The molecule has 1 saturated carbocycles. The molecule has 3 rings (SSSR count). The normalized spacial score (nSPS) is 21.3. The zero-order valence-electron chi connectivity index (χ0n) is 12.8. The second-order valence-corrected chi connectivity index (χ2v) is 5.81. The number of hydrogen-bond acceptors (Lipinski definition) is 3. The molecule has 1 heterocycles. The maximum atomic E-state index is 13.7. The summed E-state index contributed by atoms with van der Waals surface area (Å²) >= 11 is 0. The van der Waals surface area contributed by atoms with Gasteiger partial charge in [0.2, 0.25) is 0 Å². The summed E-state index contributed by atoms with van der Waals surface area (Å²) in [5, 5.41) is 12.5. The van der Waals surface area contributed by atoms with E-state index in [0.717, 1.165) is 0 Å². The number of benzene rings is 1. The van der Waals surface area contributed by atoms with E-state index >= 15 is 0 Å². The van der Waals surface area contributed by atoms with Crippen molar-refractivity contribution in [3.05, 3.63) is 53.6 Å². The summed E-state index contributed by atoms with van der Waals surface area (Å²) < 4.78 is 19.0. The maximum Gasteiger partial charge on any atom is 0.268 e. The molecule has 5 nitrogen and oxygen atoms in total. The average Bonchev–Trinajstić information content (AvgIpc) is 3.04. The minimum Gasteiger partial charge on any atom is -0.496 e. The molecule has 2 aromatic rings. The van der Waals surface area contributed by atoms with E-state index in [4.69, 9.17) is 4.74 Å². The molecule has 0 bridgehead atoms. The fourth-order valence-corrected chi connectivity index (χ4v) is 2.99. The Balaban J connectivity index is 1.90. The quantitative estimate of drug-likeness (QED) is 0.792. The van der Waals surface area contributed by atoms with Crippen LogP contribution in [0.3, 0.4) is 0 Å². The van der Waals surface area contributed by atoms with Crippen molar-refractivity contribution < 1.29 is 19.0 Å². The van der Waals surface area contributed by atoms with E-state index in [9.17, 15) is 14.3 Å². The van der Waals surface area contributed by atoms with Crippen LogP contribution in [0.2, 0.25) is 0 Å². The average molecular weight is 318 g/mol. The van der Waals surface area contributed by atoms with Crippen molar-refractivity contribution in [3.8, 4) is 5.75 Å². The van der Waals surface area contributed by atoms with Gasteiger partial charge in [0, 0.05) is 11.8 Å². The lowest BCUT2D eigenvalue weighted by Crippen LogP contribution is -2.41. The van der Waals surface area contributed by atoms with Crippen LogP contribution < -0.4 is 10.1 Å². The van der Waals surface area contributed by atoms with E-state index in [1.54, 1.807) is 24.4 Å². The first kappa shape index (κ1) is 15.6. The van der Waals surface area contributed by atoms with Gasteiger partial charge in [0.1, 0.15) is 17.3 Å². The van der Waals surface area contributed by atoms with Gasteiger partial charge < -0.3 is 20.1 Å². The number of carbonyl (C=O) groups excluding carboxylic acids is 1. The highest BCUT2D eigenvalue weighted by atomic mass is 19.1. The molecule has 1 aliphatic rings. The summed E-state index contributed by atoms with van der Waals surface area (Å²) in [6, 6.07) is 7.24. The number of aromatic amines is 1. The number of aromatic nitrogens is 1. The first-order valence-corrected chi connectivity index (χ1v) is 7.54. The molecule has 1 fully saturated rings. The van der Waals surface area contributed by atoms with Crippen LogP contribution in [0.1, 0.15) is 34.9 Å². The van der Waals surface area contributed by atoms with Crippen LogP contribution in [-0.2, 0) is 0 Å². The molecule has 122 valence electrons. The molecule has 0 spiro atoms. The van der Waals surface area contributed by atoms with Crippen LogP contribution in [0.25, 0.3) is 0 Å². The predicted molar refractivity (Wildman–Crippen MR) is 82.7 cm³/mol. The van der Waals surface area contributed by atoms with Gasteiger partial charge in [0.25, 0.3) is 5.91 Å². The van der Waals surface area contributed by atoms with Gasteiger partial charge in [-0.1, -0.05) is 0 Å². The summed E-state index contributed by atoms with van der Waals surface area (Å²) in [5.74, 6) is -0.100. The van der Waals surface area contributed by atoms with E-state index < -0.39 is 6.04 Å². The van der Waals surface area contributed by atoms with E-state index in [-0.39, 0.29) is 23.7 Å². The molecule has 23 heavy (non-hydrogen) atoms. The Morgan fingerprint density at radius 2 is 2.22 bits per heavy atom. The molecule has 1 aromatic carbocycles. The van der Waals surface area contributed by atoms with Gasteiger partial charge in [-0.2, -0.15) is 0 Å². The van der Waals surface area contributed by atoms with Gasteiger partial charge in [0.05, 0.1) is 19.3 Å². The largest absolute Gasteiger partial charge is 0.496 e. The number of nitrogens with one attached hydrogen (secondary N) is 2. The van der Waals surface area contributed by atoms with Crippen LogP contribution in [-0.4, -0.2) is 29.2 Å². The Morgan fingerprint density at radius 3 is 2.83 bits per heavy atom. The van der Waals surface area contributed by atoms with Crippen molar-refractivity contribution in [2.75, 3.05) is 7.11 Å². The molecule has 6 heteroatoms. The number of aliphatic hydroxyl groups excluding tert-OH is 1. The minimum absolute atomic E-state index is 0.0413. The lowest BCUT2D eigenvalue weighted by Gasteiger charge is -2.38. The smallest absolute Gasteiger partial charge is 0.268 e. The van der Waals surface area contributed by atoms with Crippen molar-refractivity contribution >= 4 is 5.91 Å². The summed E-state index contributed by atoms with van der Waals surface area (Å²) in [6.45, 7) is 0. The SMILES string of the molecule is COc1ccc(F)cc1[C@@H](NC(=O)c1ccc[nH]1)C1CC(O)C1. The molecular weight excluding hydrogens is 299 g/mol. The number of H-pyrrole nitrogens is 1. The van der Waals surface area contributed by atoms with Gasteiger partial charge in [-0.25, -0.2) is 4.39 Å². The molecule has 1 aromatic heterocycles. The Kier molecular flexibility index (Phi) is 4.34. The third kappa shape index (κ3) is 3.22. The number of methoxy groups -OCH3 is 1. The fraction of sp³-hybridized carbons (Fsp3) is 0.353. The Labute approximate surface area is 133 Å². The first-order chi connectivity index (χ1) is 11.1. The summed E-state index contributed by atoms with van der Waals surface area (Å²) in [5.41, 5.74) is 1.02. The van der Waals surface area contributed by atoms with E-state index in [1.807, 2.05) is 0 Å². The van der Waals surface area contributed by atoms with Crippen molar-refractivity contribution in [1.29, 1.82) is 0 Å². The first-order valence-electron chi connectivity index (χ1n) is 7.54. The molecule has 1 atom stereocenters. The molecule has 0 radical (unpaired) electrons. The van der Waals surface area contributed by atoms with Gasteiger partial charge >= 0.3 is 0 Å². The van der Waals surface area contributed by atoms with Crippen LogP contribution in [0.5, 0.6) is 5.75 Å². The fourth-order valence-electron chi connectivity index (χ4n) is 2.99. The highest BCUT2D eigenvalue weighted by molar-refractivity contribution is 5.92. The maximum absolute atomic E-state index is 13.7. The number of amides is 1. The second-order valence-electron chi connectivity index (χ2n) is 5.81. The minimum atomic E-state index is -0.417. The third-order valence-electron chi connectivity index (χ3n) is 4.28. The number of ether oxygens (including phenoxy) is 1. The van der Waals surface area contributed by atoms with E-state index in [2.05, 4.69) is 10.3 Å². The number of halogens is 1. The lowest BCUT2D eigenvalue weighted by atomic mass is 9.74. The zero-order chi connectivity index (χ0) is 16.4. The molecule has 1 amide bonds. The lowest BCUT2D eigenvalue weighted by molar-refractivity contribution is 0.0230. The summed E-state index contributed by atoms with van der Waals surface area (Å²) in [6.07, 6.45) is 2.43. The van der Waals surface area contributed by atoms with Crippen molar-refractivity contribution in [2.24, 2.45) is 5.92 Å². The van der Waals surface area contributed by atoms with Crippen molar-refractivity contribution in [2.45, 2.75) is 25.0 Å².